The van der Waals surface area contributed by atoms with Gasteiger partial charge in [0.25, 0.3) is 0 Å². The van der Waals surface area contributed by atoms with Crippen LogP contribution in [0.25, 0.3) is 6.08 Å². The average Bonchev–Trinajstić information content (AvgIpc) is 3.01. The van der Waals surface area contributed by atoms with Gasteiger partial charge < -0.3 is 14.7 Å². The molecule has 0 aromatic heterocycles. The first-order chi connectivity index (χ1) is 12.6. The zero-order valence-electron chi connectivity index (χ0n) is 14.6. The number of rotatable bonds is 4. The summed E-state index contributed by atoms with van der Waals surface area (Å²) in [5, 5.41) is 9.17. The van der Waals surface area contributed by atoms with Crippen LogP contribution >= 0.6 is 0 Å². The maximum atomic E-state index is 11.2. The standard InChI is InChI=1S/C21H20N2O3/c1-2-26-18-5-3-4-14(11-18)10-15-6-7-16-12-23-13-17(21(24)25)8-9-19(23)22-20(15)16/h3-5,8-11,13H,2,6-7,12H2,1H3,(H,24,25). The number of hydrogen-bond acceptors (Lipinski definition) is 4. The predicted molar refractivity (Wildman–Crippen MR) is 101 cm³/mol. The van der Waals surface area contributed by atoms with Crippen molar-refractivity contribution in [2.24, 2.45) is 4.99 Å². The van der Waals surface area contributed by atoms with Gasteiger partial charge in [0.2, 0.25) is 0 Å². The van der Waals surface area contributed by atoms with Crippen LogP contribution < -0.4 is 4.74 Å². The molecule has 1 aromatic rings. The van der Waals surface area contributed by atoms with E-state index in [1.165, 1.54) is 11.1 Å². The Morgan fingerprint density at radius 2 is 2.23 bits per heavy atom. The third-order valence-electron chi connectivity index (χ3n) is 4.68. The second-order valence-electron chi connectivity index (χ2n) is 6.45. The van der Waals surface area contributed by atoms with Crippen molar-refractivity contribution in [3.05, 3.63) is 70.6 Å². The van der Waals surface area contributed by atoms with Gasteiger partial charge in [-0.1, -0.05) is 12.1 Å². The minimum absolute atomic E-state index is 0.287. The number of carboxylic acid groups (broad SMARTS) is 1. The highest BCUT2D eigenvalue weighted by atomic mass is 16.5. The number of aliphatic carboxylic acids is 1. The fourth-order valence-corrected chi connectivity index (χ4v) is 3.47. The molecular weight excluding hydrogens is 328 g/mol. The fourth-order valence-electron chi connectivity index (χ4n) is 3.47. The quantitative estimate of drug-likeness (QED) is 0.900. The van der Waals surface area contributed by atoms with Gasteiger partial charge in [-0.15, -0.1) is 0 Å². The molecule has 0 amide bonds. The van der Waals surface area contributed by atoms with E-state index in [-0.39, 0.29) is 5.57 Å². The first kappa shape index (κ1) is 16.4. The van der Waals surface area contributed by atoms with Crippen molar-refractivity contribution in [1.29, 1.82) is 0 Å². The van der Waals surface area contributed by atoms with E-state index in [9.17, 15) is 4.79 Å². The van der Waals surface area contributed by atoms with E-state index in [1.54, 1.807) is 18.4 Å². The summed E-state index contributed by atoms with van der Waals surface area (Å²) in [5.74, 6) is 0.752. The zero-order valence-corrected chi connectivity index (χ0v) is 14.6. The highest BCUT2D eigenvalue weighted by Crippen LogP contribution is 2.37. The lowest BCUT2D eigenvalue weighted by molar-refractivity contribution is -0.132. The molecule has 2 aliphatic heterocycles. The first-order valence-corrected chi connectivity index (χ1v) is 8.78. The number of carbonyl (C=O) groups is 1. The summed E-state index contributed by atoms with van der Waals surface area (Å²) in [4.78, 5) is 17.9. The monoisotopic (exact) mass is 348 g/mol. The Balaban J connectivity index is 1.62. The molecule has 26 heavy (non-hydrogen) atoms. The van der Waals surface area contributed by atoms with Crippen molar-refractivity contribution in [1.82, 2.24) is 4.90 Å². The van der Waals surface area contributed by atoms with Crippen LogP contribution in [-0.2, 0) is 4.79 Å². The van der Waals surface area contributed by atoms with E-state index < -0.39 is 5.97 Å². The molecule has 5 nitrogen and oxygen atoms in total. The second kappa shape index (κ2) is 6.67. The van der Waals surface area contributed by atoms with Gasteiger partial charge in [-0.05, 0) is 66.8 Å². The van der Waals surface area contributed by atoms with Crippen LogP contribution in [0.3, 0.4) is 0 Å². The molecule has 0 fully saturated rings. The largest absolute Gasteiger partial charge is 0.494 e. The van der Waals surface area contributed by atoms with Gasteiger partial charge in [-0.2, -0.15) is 0 Å². The predicted octanol–water partition coefficient (Wildman–Crippen LogP) is 3.77. The zero-order chi connectivity index (χ0) is 18.1. The number of amidine groups is 1. The Kier molecular flexibility index (Phi) is 4.21. The highest BCUT2D eigenvalue weighted by Gasteiger charge is 2.28. The number of fused-ring (bicyclic) bond motifs is 1. The molecule has 132 valence electrons. The lowest BCUT2D eigenvalue weighted by Crippen LogP contribution is -2.32. The fraction of sp³-hybridized carbons (Fsp3) is 0.238. The SMILES string of the molecule is CCOc1cccc(C=C2CCC3=C2N=C2C=CC(C(=O)O)=CN2C3)c1. The van der Waals surface area contributed by atoms with E-state index in [4.69, 9.17) is 14.8 Å². The van der Waals surface area contributed by atoms with E-state index in [1.807, 2.05) is 30.0 Å². The molecule has 0 atom stereocenters. The third kappa shape index (κ3) is 3.08. The summed E-state index contributed by atoms with van der Waals surface area (Å²) < 4.78 is 5.58. The van der Waals surface area contributed by atoms with Gasteiger partial charge in [0.15, 0.2) is 0 Å². The summed E-state index contributed by atoms with van der Waals surface area (Å²) in [6, 6.07) is 8.07. The van der Waals surface area contributed by atoms with Gasteiger partial charge in [0.05, 0.1) is 17.9 Å². The maximum absolute atomic E-state index is 11.2. The van der Waals surface area contributed by atoms with Crippen molar-refractivity contribution < 1.29 is 14.6 Å². The molecule has 0 saturated heterocycles. The Hall–Kier alpha value is -3.08. The molecular formula is C21H20N2O3. The van der Waals surface area contributed by atoms with Crippen molar-refractivity contribution in [3.63, 3.8) is 0 Å². The summed E-state index contributed by atoms with van der Waals surface area (Å²) in [5.41, 5.74) is 4.93. The first-order valence-electron chi connectivity index (χ1n) is 8.78. The van der Waals surface area contributed by atoms with Gasteiger partial charge in [0, 0.05) is 12.7 Å². The molecule has 4 rings (SSSR count). The van der Waals surface area contributed by atoms with Crippen molar-refractivity contribution in [2.45, 2.75) is 19.8 Å². The molecule has 0 bridgehead atoms. The number of hydrogen-bond donors (Lipinski definition) is 1. The summed E-state index contributed by atoms with van der Waals surface area (Å²) >= 11 is 0. The molecule has 0 unspecified atom stereocenters. The normalized spacial score (nSPS) is 19.9. The minimum Gasteiger partial charge on any atom is -0.494 e. The second-order valence-corrected chi connectivity index (χ2v) is 6.45. The van der Waals surface area contributed by atoms with Crippen LogP contribution in [0, 0.1) is 0 Å². The molecule has 3 aliphatic rings. The van der Waals surface area contributed by atoms with E-state index >= 15 is 0 Å². The van der Waals surface area contributed by atoms with Crippen LogP contribution in [0.2, 0.25) is 0 Å². The summed E-state index contributed by atoms with van der Waals surface area (Å²) in [7, 11) is 0. The summed E-state index contributed by atoms with van der Waals surface area (Å²) in [6.07, 6.45) is 9.13. The lowest BCUT2D eigenvalue weighted by Gasteiger charge is -2.28. The molecule has 1 aliphatic carbocycles. The Labute approximate surface area is 152 Å². The molecule has 0 saturated carbocycles. The van der Waals surface area contributed by atoms with Crippen LogP contribution in [0.15, 0.2) is 70.0 Å². The average molecular weight is 348 g/mol. The van der Waals surface area contributed by atoms with Crippen LogP contribution in [0.1, 0.15) is 25.3 Å². The third-order valence-corrected chi connectivity index (χ3v) is 4.68. The number of ether oxygens (including phenoxy) is 1. The van der Waals surface area contributed by atoms with Crippen molar-refractivity contribution in [2.75, 3.05) is 13.2 Å². The van der Waals surface area contributed by atoms with Gasteiger partial charge in [-0.25, -0.2) is 9.79 Å². The molecule has 1 N–H and O–H groups in total. The molecule has 5 heteroatoms. The number of carboxylic acids is 1. The minimum atomic E-state index is -0.915. The van der Waals surface area contributed by atoms with E-state index in [0.717, 1.165) is 35.7 Å². The van der Waals surface area contributed by atoms with E-state index in [0.29, 0.717) is 13.2 Å². The van der Waals surface area contributed by atoms with Crippen molar-refractivity contribution >= 4 is 17.9 Å². The molecule has 0 radical (unpaired) electrons. The smallest absolute Gasteiger partial charge is 0.337 e. The Morgan fingerprint density at radius 1 is 1.35 bits per heavy atom. The van der Waals surface area contributed by atoms with Gasteiger partial charge in [0.1, 0.15) is 11.6 Å². The molecule has 2 heterocycles. The number of aliphatic imine (C=N–C) groups is 1. The Bertz CT molecular complexity index is 919. The van der Waals surface area contributed by atoms with Crippen LogP contribution in [0.5, 0.6) is 5.75 Å². The highest BCUT2D eigenvalue weighted by molar-refractivity contribution is 6.02. The van der Waals surface area contributed by atoms with Crippen molar-refractivity contribution in [3.8, 4) is 5.75 Å². The topological polar surface area (TPSA) is 62.1 Å². The van der Waals surface area contributed by atoms with Crippen LogP contribution in [0.4, 0.5) is 0 Å². The molecule has 0 spiro atoms. The lowest BCUT2D eigenvalue weighted by atomic mass is 10.1. The molecule has 1 aromatic carbocycles. The van der Waals surface area contributed by atoms with Gasteiger partial charge >= 0.3 is 5.97 Å². The summed E-state index contributed by atoms with van der Waals surface area (Å²) in [6.45, 7) is 3.33. The van der Waals surface area contributed by atoms with Crippen LogP contribution in [-0.4, -0.2) is 35.0 Å². The Morgan fingerprint density at radius 3 is 3.04 bits per heavy atom. The number of nitrogens with zero attached hydrogens (tertiary/aromatic N) is 2. The number of benzene rings is 1. The maximum Gasteiger partial charge on any atom is 0.337 e. The number of allylic oxidation sites excluding steroid dienone is 1. The van der Waals surface area contributed by atoms with Gasteiger partial charge in [-0.3, -0.25) is 0 Å². The van der Waals surface area contributed by atoms with E-state index in [2.05, 4.69) is 12.1 Å².